The van der Waals surface area contributed by atoms with E-state index < -0.39 is 10.0 Å². The van der Waals surface area contributed by atoms with E-state index in [0.717, 1.165) is 19.3 Å². The Morgan fingerprint density at radius 3 is 2.50 bits per heavy atom. The maximum absolute atomic E-state index is 13.0. The van der Waals surface area contributed by atoms with E-state index in [9.17, 15) is 13.2 Å². The minimum atomic E-state index is -3.52. The average Bonchev–Trinajstić information content (AvgIpc) is 2.71. The van der Waals surface area contributed by atoms with E-state index in [1.165, 1.54) is 0 Å². The molecule has 1 atom stereocenters. The number of amides is 2. The predicted octanol–water partition coefficient (Wildman–Crippen LogP) is 4.10. The molecule has 0 spiro atoms. The van der Waals surface area contributed by atoms with Gasteiger partial charge in [0.1, 0.15) is 0 Å². The van der Waals surface area contributed by atoms with Gasteiger partial charge in [0.25, 0.3) is 0 Å². The molecule has 1 aliphatic heterocycles. The van der Waals surface area contributed by atoms with Crippen LogP contribution in [-0.2, 0) is 10.0 Å². The maximum Gasteiger partial charge on any atom is 0.319 e. The van der Waals surface area contributed by atoms with Crippen molar-refractivity contribution in [2.24, 2.45) is 0 Å². The number of rotatable bonds is 6. The van der Waals surface area contributed by atoms with Crippen LogP contribution in [0, 0.1) is 0 Å². The van der Waals surface area contributed by atoms with E-state index in [0.29, 0.717) is 35.1 Å². The van der Waals surface area contributed by atoms with Crippen LogP contribution < -0.4 is 10.6 Å². The highest BCUT2D eigenvalue weighted by atomic mass is 35.5. The summed E-state index contributed by atoms with van der Waals surface area (Å²) in [6.45, 7) is 0.907. The van der Waals surface area contributed by atoms with Gasteiger partial charge in [0, 0.05) is 29.8 Å². The van der Waals surface area contributed by atoms with Crippen molar-refractivity contribution >= 4 is 33.3 Å². The van der Waals surface area contributed by atoms with Gasteiger partial charge in [0.2, 0.25) is 10.0 Å². The molecule has 1 heterocycles. The summed E-state index contributed by atoms with van der Waals surface area (Å²) in [4.78, 5) is 12.4. The zero-order valence-corrected chi connectivity index (χ0v) is 17.0. The summed E-state index contributed by atoms with van der Waals surface area (Å²) >= 11 is 5.83. The van der Waals surface area contributed by atoms with Crippen LogP contribution >= 0.6 is 11.6 Å². The number of sulfonamides is 1. The largest absolute Gasteiger partial charge is 0.338 e. The molecule has 28 heavy (non-hydrogen) atoms. The normalized spacial score (nSPS) is 17.8. The van der Waals surface area contributed by atoms with Gasteiger partial charge in [-0.3, -0.25) is 0 Å². The topological polar surface area (TPSA) is 78.5 Å². The lowest BCUT2D eigenvalue weighted by atomic mass is 10.0. The highest BCUT2D eigenvalue weighted by Gasteiger charge is 2.33. The Morgan fingerprint density at radius 1 is 1.07 bits per heavy atom. The molecule has 1 fully saturated rings. The number of carbonyl (C=O) groups is 1. The second kappa shape index (κ2) is 9.41. The number of piperidine rings is 1. The Bertz CT molecular complexity index is 889. The molecule has 8 heteroatoms. The van der Waals surface area contributed by atoms with Crippen molar-refractivity contribution < 1.29 is 13.2 Å². The van der Waals surface area contributed by atoms with Crippen LogP contribution in [0.5, 0.6) is 0 Å². The van der Waals surface area contributed by atoms with Crippen molar-refractivity contribution in [1.82, 2.24) is 9.62 Å². The number of anilines is 1. The summed E-state index contributed by atoms with van der Waals surface area (Å²) < 4.78 is 27.5. The van der Waals surface area contributed by atoms with Gasteiger partial charge in [-0.15, -0.1) is 0 Å². The second-order valence-electron chi connectivity index (χ2n) is 6.75. The average molecular weight is 422 g/mol. The summed E-state index contributed by atoms with van der Waals surface area (Å²) in [5.41, 5.74) is 0.646. The van der Waals surface area contributed by atoms with E-state index in [1.807, 2.05) is 0 Å². The molecule has 1 saturated heterocycles. The zero-order valence-electron chi connectivity index (χ0n) is 15.5. The fourth-order valence-electron chi connectivity index (χ4n) is 3.37. The lowest BCUT2D eigenvalue weighted by Crippen LogP contribution is -2.45. The van der Waals surface area contributed by atoms with E-state index in [1.54, 1.807) is 58.9 Å². The molecule has 1 unspecified atom stereocenters. The van der Waals surface area contributed by atoms with Gasteiger partial charge in [-0.2, -0.15) is 4.31 Å². The minimum Gasteiger partial charge on any atom is -0.338 e. The quantitative estimate of drug-likeness (QED) is 0.737. The van der Waals surface area contributed by atoms with Crippen molar-refractivity contribution in [2.45, 2.75) is 36.6 Å². The Labute approximate surface area is 170 Å². The van der Waals surface area contributed by atoms with Crippen molar-refractivity contribution in [3.05, 3.63) is 59.6 Å². The van der Waals surface area contributed by atoms with Crippen molar-refractivity contribution in [2.75, 3.05) is 18.4 Å². The fourth-order valence-corrected chi connectivity index (χ4v) is 5.24. The number of benzene rings is 2. The Balaban J connectivity index is 1.56. The van der Waals surface area contributed by atoms with E-state index in [4.69, 9.17) is 11.6 Å². The summed E-state index contributed by atoms with van der Waals surface area (Å²) in [6.07, 6.45) is 3.21. The number of urea groups is 1. The first kappa shape index (κ1) is 20.6. The molecule has 2 N–H and O–H groups in total. The van der Waals surface area contributed by atoms with Gasteiger partial charge in [-0.25, -0.2) is 13.2 Å². The minimum absolute atomic E-state index is 0.116. The van der Waals surface area contributed by atoms with Gasteiger partial charge in [-0.05, 0) is 55.7 Å². The van der Waals surface area contributed by atoms with Gasteiger partial charge >= 0.3 is 6.03 Å². The maximum atomic E-state index is 13.0. The summed E-state index contributed by atoms with van der Waals surface area (Å²) in [7, 11) is -3.52. The lowest BCUT2D eigenvalue weighted by molar-refractivity contribution is 0.234. The lowest BCUT2D eigenvalue weighted by Gasteiger charge is -2.34. The first-order valence-electron chi connectivity index (χ1n) is 9.34. The standard InChI is InChI=1S/C20H24ClN3O3S/c21-16-9-11-17(12-10-16)23-20(25)22-14-13-18-6-4-5-15-24(18)28(26,27)19-7-2-1-3-8-19/h1-3,7-12,18H,4-6,13-15H2,(H2,22,23,25). The third-order valence-corrected chi connectivity index (χ3v) is 7.01. The molecule has 2 aromatic rings. The number of hydrogen-bond donors (Lipinski definition) is 2. The number of nitrogens with zero attached hydrogens (tertiary/aromatic N) is 1. The highest BCUT2D eigenvalue weighted by molar-refractivity contribution is 7.89. The van der Waals surface area contributed by atoms with Crippen LogP contribution in [0.2, 0.25) is 5.02 Å². The Kier molecular flexibility index (Phi) is 6.93. The fraction of sp³-hybridized carbons (Fsp3) is 0.350. The third-order valence-electron chi connectivity index (χ3n) is 4.79. The van der Waals surface area contributed by atoms with E-state index in [-0.39, 0.29) is 12.1 Å². The second-order valence-corrected chi connectivity index (χ2v) is 9.08. The van der Waals surface area contributed by atoms with Crippen LogP contribution in [0.25, 0.3) is 0 Å². The SMILES string of the molecule is O=C(NCCC1CCCCN1S(=O)(=O)c1ccccc1)Nc1ccc(Cl)cc1. The van der Waals surface area contributed by atoms with Gasteiger partial charge in [0.15, 0.2) is 0 Å². The van der Waals surface area contributed by atoms with Crippen LogP contribution in [0.3, 0.4) is 0 Å². The van der Waals surface area contributed by atoms with Crippen LogP contribution in [0.1, 0.15) is 25.7 Å². The summed E-state index contributed by atoms with van der Waals surface area (Å²) in [5.74, 6) is 0. The van der Waals surface area contributed by atoms with Gasteiger partial charge in [-0.1, -0.05) is 36.2 Å². The molecule has 0 aliphatic carbocycles. The molecule has 6 nitrogen and oxygen atoms in total. The smallest absolute Gasteiger partial charge is 0.319 e. The number of carbonyl (C=O) groups excluding carboxylic acids is 1. The molecule has 0 aromatic heterocycles. The van der Waals surface area contributed by atoms with Crippen LogP contribution in [0.15, 0.2) is 59.5 Å². The highest BCUT2D eigenvalue weighted by Crippen LogP contribution is 2.26. The van der Waals surface area contributed by atoms with Crippen molar-refractivity contribution in [3.63, 3.8) is 0 Å². The van der Waals surface area contributed by atoms with Gasteiger partial charge < -0.3 is 10.6 Å². The zero-order chi connectivity index (χ0) is 20.0. The van der Waals surface area contributed by atoms with Crippen molar-refractivity contribution in [1.29, 1.82) is 0 Å². The first-order valence-corrected chi connectivity index (χ1v) is 11.2. The Morgan fingerprint density at radius 2 is 1.79 bits per heavy atom. The predicted molar refractivity (Wildman–Crippen MR) is 111 cm³/mol. The van der Waals surface area contributed by atoms with Gasteiger partial charge in [0.05, 0.1) is 4.90 Å². The third kappa shape index (κ3) is 5.25. The molecule has 2 aromatic carbocycles. The number of hydrogen-bond acceptors (Lipinski definition) is 3. The first-order chi connectivity index (χ1) is 13.5. The molecule has 0 saturated carbocycles. The van der Waals surface area contributed by atoms with Crippen LogP contribution in [-0.4, -0.2) is 37.9 Å². The molecular formula is C20H24ClN3O3S. The molecule has 2 amide bonds. The summed E-state index contributed by atoms with van der Waals surface area (Å²) in [5, 5.41) is 6.13. The molecule has 0 radical (unpaired) electrons. The molecule has 0 bridgehead atoms. The molecule has 1 aliphatic rings. The number of nitrogens with one attached hydrogen (secondary N) is 2. The molecule has 3 rings (SSSR count). The van der Waals surface area contributed by atoms with E-state index in [2.05, 4.69) is 10.6 Å². The van der Waals surface area contributed by atoms with Crippen molar-refractivity contribution in [3.8, 4) is 0 Å². The monoisotopic (exact) mass is 421 g/mol. The van der Waals surface area contributed by atoms with E-state index >= 15 is 0 Å². The Hall–Kier alpha value is -2.09. The molecular weight excluding hydrogens is 398 g/mol. The van der Waals surface area contributed by atoms with Crippen LogP contribution in [0.4, 0.5) is 10.5 Å². The number of halogens is 1. The molecule has 150 valence electrons. The summed E-state index contributed by atoms with van der Waals surface area (Å²) in [6, 6.07) is 14.9.